The van der Waals surface area contributed by atoms with E-state index in [4.69, 9.17) is 10.5 Å². The van der Waals surface area contributed by atoms with Gasteiger partial charge in [0, 0.05) is 12.1 Å². The second-order valence-electron chi connectivity index (χ2n) is 3.69. The van der Waals surface area contributed by atoms with Crippen LogP contribution in [0.2, 0.25) is 0 Å². The molecule has 14 heavy (non-hydrogen) atoms. The number of ether oxygens (including phenoxy) is 1. The monoisotopic (exact) mass is 195 g/mol. The third-order valence-electron chi connectivity index (χ3n) is 2.43. The summed E-state index contributed by atoms with van der Waals surface area (Å²) in [6, 6.07) is 4.86. The number of benzene rings is 1. The molecule has 3 heteroatoms. The Morgan fingerprint density at radius 2 is 2.21 bits per heavy atom. The molecule has 0 aromatic heterocycles. The van der Waals surface area contributed by atoms with Crippen LogP contribution in [-0.2, 0) is 6.54 Å². The molecule has 0 saturated heterocycles. The minimum atomic E-state index is -0.311. The van der Waals surface area contributed by atoms with Crippen LogP contribution < -0.4 is 10.5 Å². The van der Waals surface area contributed by atoms with Crippen LogP contribution in [0, 0.1) is 11.7 Å². The first-order valence-corrected chi connectivity index (χ1v) is 4.91. The van der Waals surface area contributed by atoms with Gasteiger partial charge in [0.2, 0.25) is 0 Å². The first-order chi connectivity index (χ1) is 6.81. The Kier molecular flexibility index (Phi) is 2.68. The number of para-hydroxylation sites is 1. The maximum absolute atomic E-state index is 13.3. The molecule has 76 valence electrons. The molecule has 2 N–H and O–H groups in total. The average Bonchev–Trinajstić information content (AvgIpc) is 2.99. The first kappa shape index (κ1) is 9.46. The zero-order valence-electron chi connectivity index (χ0n) is 8.00. The van der Waals surface area contributed by atoms with E-state index in [0.717, 1.165) is 5.56 Å². The van der Waals surface area contributed by atoms with Crippen LogP contribution in [0.1, 0.15) is 18.4 Å². The molecule has 0 unspecified atom stereocenters. The van der Waals surface area contributed by atoms with Crippen molar-refractivity contribution in [2.24, 2.45) is 11.7 Å². The number of hydrogen-bond donors (Lipinski definition) is 1. The predicted octanol–water partition coefficient (Wildman–Crippen LogP) is 2.07. The Bertz CT molecular complexity index is 323. The van der Waals surface area contributed by atoms with E-state index in [0.29, 0.717) is 24.8 Å². The van der Waals surface area contributed by atoms with Crippen LogP contribution in [0.4, 0.5) is 4.39 Å². The summed E-state index contributed by atoms with van der Waals surface area (Å²) in [5.74, 6) is 0.649. The van der Waals surface area contributed by atoms with Gasteiger partial charge < -0.3 is 10.5 Å². The highest BCUT2D eigenvalue weighted by Crippen LogP contribution is 2.31. The fourth-order valence-corrected chi connectivity index (χ4v) is 1.36. The summed E-state index contributed by atoms with van der Waals surface area (Å²) in [4.78, 5) is 0. The van der Waals surface area contributed by atoms with Crippen molar-refractivity contribution in [2.45, 2.75) is 19.4 Å². The molecular formula is C11H14FNO. The van der Waals surface area contributed by atoms with E-state index in [-0.39, 0.29) is 5.82 Å². The molecule has 0 atom stereocenters. The number of halogens is 1. The molecule has 1 saturated carbocycles. The van der Waals surface area contributed by atoms with Crippen molar-refractivity contribution in [3.05, 3.63) is 29.6 Å². The zero-order valence-corrected chi connectivity index (χ0v) is 8.00. The van der Waals surface area contributed by atoms with Crippen LogP contribution in [-0.4, -0.2) is 6.61 Å². The SMILES string of the molecule is NCc1cccc(F)c1OCC1CC1. The lowest BCUT2D eigenvalue weighted by Crippen LogP contribution is -2.06. The van der Waals surface area contributed by atoms with E-state index in [1.54, 1.807) is 12.1 Å². The van der Waals surface area contributed by atoms with Crippen molar-refractivity contribution in [3.63, 3.8) is 0 Å². The van der Waals surface area contributed by atoms with Crippen molar-refractivity contribution in [2.75, 3.05) is 6.61 Å². The Morgan fingerprint density at radius 1 is 1.43 bits per heavy atom. The molecule has 2 rings (SSSR count). The van der Waals surface area contributed by atoms with E-state index in [1.807, 2.05) is 0 Å². The molecular weight excluding hydrogens is 181 g/mol. The molecule has 2 nitrogen and oxygen atoms in total. The zero-order chi connectivity index (χ0) is 9.97. The van der Waals surface area contributed by atoms with Crippen LogP contribution in [0.5, 0.6) is 5.75 Å². The highest BCUT2D eigenvalue weighted by molar-refractivity contribution is 5.34. The second-order valence-corrected chi connectivity index (χ2v) is 3.69. The summed E-state index contributed by atoms with van der Waals surface area (Å²) in [6.45, 7) is 0.936. The van der Waals surface area contributed by atoms with Crippen LogP contribution in [0.25, 0.3) is 0 Å². The van der Waals surface area contributed by atoms with Gasteiger partial charge in [-0.05, 0) is 24.8 Å². The van der Waals surface area contributed by atoms with Gasteiger partial charge in [-0.25, -0.2) is 4.39 Å². The van der Waals surface area contributed by atoms with Gasteiger partial charge in [0.1, 0.15) is 0 Å². The maximum atomic E-state index is 13.3. The van der Waals surface area contributed by atoms with Crippen LogP contribution in [0.15, 0.2) is 18.2 Å². The Hall–Kier alpha value is -1.09. The average molecular weight is 195 g/mol. The fourth-order valence-electron chi connectivity index (χ4n) is 1.36. The summed E-state index contributed by atoms with van der Waals surface area (Å²) in [6.07, 6.45) is 2.40. The van der Waals surface area contributed by atoms with Gasteiger partial charge in [-0.3, -0.25) is 0 Å². The predicted molar refractivity (Wildman–Crippen MR) is 52.5 cm³/mol. The smallest absolute Gasteiger partial charge is 0.165 e. The van der Waals surface area contributed by atoms with E-state index in [9.17, 15) is 4.39 Å². The Balaban J connectivity index is 2.11. The van der Waals surface area contributed by atoms with Gasteiger partial charge in [-0.1, -0.05) is 12.1 Å². The fraction of sp³-hybridized carbons (Fsp3) is 0.455. The highest BCUT2D eigenvalue weighted by Gasteiger charge is 2.23. The molecule has 1 aliphatic carbocycles. The van der Waals surface area contributed by atoms with Crippen molar-refractivity contribution in [1.82, 2.24) is 0 Å². The van der Waals surface area contributed by atoms with Crippen LogP contribution in [0.3, 0.4) is 0 Å². The van der Waals surface area contributed by atoms with Gasteiger partial charge in [-0.2, -0.15) is 0 Å². The van der Waals surface area contributed by atoms with E-state index < -0.39 is 0 Å². The van der Waals surface area contributed by atoms with Crippen molar-refractivity contribution in [3.8, 4) is 5.75 Å². The molecule has 1 aromatic carbocycles. The maximum Gasteiger partial charge on any atom is 0.165 e. The van der Waals surface area contributed by atoms with E-state index in [2.05, 4.69) is 0 Å². The molecule has 0 bridgehead atoms. The normalized spacial score (nSPS) is 15.6. The van der Waals surface area contributed by atoms with Crippen LogP contribution >= 0.6 is 0 Å². The molecule has 1 aliphatic rings. The summed E-state index contributed by atoms with van der Waals surface area (Å²) < 4.78 is 18.8. The lowest BCUT2D eigenvalue weighted by atomic mass is 10.2. The van der Waals surface area contributed by atoms with Gasteiger partial charge >= 0.3 is 0 Å². The summed E-state index contributed by atoms with van der Waals surface area (Å²) >= 11 is 0. The molecule has 1 fully saturated rings. The van der Waals surface area contributed by atoms with Gasteiger partial charge in [0.15, 0.2) is 11.6 Å². The molecule has 0 heterocycles. The summed E-state index contributed by atoms with van der Waals surface area (Å²) in [7, 11) is 0. The van der Waals surface area contributed by atoms with E-state index in [1.165, 1.54) is 18.9 Å². The minimum absolute atomic E-state index is 0.311. The third-order valence-corrected chi connectivity index (χ3v) is 2.43. The minimum Gasteiger partial charge on any atom is -0.490 e. The molecule has 0 amide bonds. The molecule has 0 radical (unpaired) electrons. The number of nitrogens with two attached hydrogens (primary N) is 1. The van der Waals surface area contributed by atoms with Gasteiger partial charge in [0.05, 0.1) is 6.61 Å². The van der Waals surface area contributed by atoms with Crippen molar-refractivity contribution >= 4 is 0 Å². The second kappa shape index (κ2) is 3.96. The Morgan fingerprint density at radius 3 is 2.86 bits per heavy atom. The molecule has 1 aromatic rings. The highest BCUT2D eigenvalue weighted by atomic mass is 19.1. The van der Waals surface area contributed by atoms with Crippen molar-refractivity contribution in [1.29, 1.82) is 0 Å². The lowest BCUT2D eigenvalue weighted by Gasteiger charge is -2.10. The molecule has 0 spiro atoms. The number of rotatable bonds is 4. The quantitative estimate of drug-likeness (QED) is 0.798. The van der Waals surface area contributed by atoms with E-state index >= 15 is 0 Å². The van der Waals surface area contributed by atoms with Crippen molar-refractivity contribution < 1.29 is 9.13 Å². The largest absolute Gasteiger partial charge is 0.490 e. The summed E-state index contributed by atoms with van der Waals surface area (Å²) in [5, 5.41) is 0. The molecule has 0 aliphatic heterocycles. The third kappa shape index (κ3) is 2.04. The topological polar surface area (TPSA) is 35.2 Å². The Labute approximate surface area is 82.9 Å². The first-order valence-electron chi connectivity index (χ1n) is 4.91. The summed E-state index contributed by atoms with van der Waals surface area (Å²) in [5.41, 5.74) is 6.24. The number of hydrogen-bond acceptors (Lipinski definition) is 2. The van der Waals surface area contributed by atoms with Gasteiger partial charge in [0.25, 0.3) is 0 Å². The standard InChI is InChI=1S/C11H14FNO/c12-10-3-1-2-9(6-13)11(10)14-7-8-4-5-8/h1-3,8H,4-7,13H2. The lowest BCUT2D eigenvalue weighted by molar-refractivity contribution is 0.282. The van der Waals surface area contributed by atoms with Gasteiger partial charge in [-0.15, -0.1) is 0 Å².